The van der Waals surface area contributed by atoms with Crippen molar-refractivity contribution >= 4 is 70.3 Å². The van der Waals surface area contributed by atoms with Gasteiger partial charge in [0, 0.05) is 71.7 Å². The molecule has 3 aliphatic rings. The van der Waals surface area contributed by atoms with Crippen molar-refractivity contribution in [3.05, 3.63) is 81.4 Å². The largest absolute Gasteiger partial charge is 0.495 e. The van der Waals surface area contributed by atoms with E-state index in [9.17, 15) is 48.3 Å². The van der Waals surface area contributed by atoms with Crippen molar-refractivity contribution < 1.29 is 85.1 Å². The molecule has 5 rings (SSSR count). The molecule has 5 amide bonds. The van der Waals surface area contributed by atoms with Crippen LogP contribution in [0, 0.1) is 17.8 Å². The Morgan fingerprint density at radius 1 is 1.02 bits per heavy atom. The number of halogens is 4. The molecule has 0 saturated carbocycles. The zero-order valence-electron chi connectivity index (χ0n) is 50.2. The average molecular weight is 1220 g/mol. The number of esters is 2. The van der Waals surface area contributed by atoms with Gasteiger partial charge in [-0.1, -0.05) is 62.2 Å². The molecule has 0 unspecified atom stereocenters. The van der Waals surface area contributed by atoms with Gasteiger partial charge in [-0.15, -0.1) is 0 Å². The zero-order chi connectivity index (χ0) is 63.5. The number of ether oxygens (including phenoxy) is 5. The van der Waals surface area contributed by atoms with Crippen LogP contribution < -0.4 is 26.0 Å². The summed E-state index contributed by atoms with van der Waals surface area (Å²) in [5, 5.41) is 17.2. The molecule has 24 heteroatoms. The van der Waals surface area contributed by atoms with Crippen molar-refractivity contribution in [3.63, 3.8) is 0 Å². The Morgan fingerprint density at radius 2 is 1.71 bits per heavy atom. The molecule has 2 aromatic carbocycles. The molecule has 3 aliphatic heterocycles. The first-order valence-corrected chi connectivity index (χ1v) is 28.8. The SMILES string of the molecule is COc1cc2cc(c1Cl)N(C)C(=O)C[C@H](OC(=O)[C@H](C)N(C)C(=O)c1ccc(CC(=O)[C@H](CCCNC(N)=O)NC(=O)[C@@H](CC(=O)CCCCC(C)=O)C(C)C)cc1C(F)(F)F)[C@]1(C)O[C@H]1[C@H](C)[C@@H]1C[C@@](O)(CC(=O)O1)[C@H](OC)/C=C/C=C(\C)C2. The van der Waals surface area contributed by atoms with Gasteiger partial charge >= 0.3 is 24.1 Å². The summed E-state index contributed by atoms with van der Waals surface area (Å²) in [5.74, 6) is -7.03. The molecule has 2 fully saturated rings. The number of Topliss-reactive ketones (excluding diaryl/α,β-unsaturated/α-hetero) is 3. The van der Waals surface area contributed by atoms with Gasteiger partial charge in [0.15, 0.2) is 5.78 Å². The Kier molecular flexibility index (Phi) is 24.1. The van der Waals surface area contributed by atoms with Gasteiger partial charge < -0.3 is 59.8 Å². The van der Waals surface area contributed by atoms with Crippen molar-refractivity contribution in [2.24, 2.45) is 23.5 Å². The number of nitrogens with zero attached hydrogens (tertiary/aromatic N) is 2. The fourth-order valence-corrected chi connectivity index (χ4v) is 11.2. The average Bonchev–Trinajstić information content (AvgIpc) is 1.65. The second-order valence-corrected chi connectivity index (χ2v) is 23.5. The van der Waals surface area contributed by atoms with Crippen LogP contribution in [0.2, 0.25) is 5.02 Å². The lowest BCUT2D eigenvalue weighted by molar-refractivity contribution is -0.187. The topological polar surface area (TPSA) is 280 Å². The first-order chi connectivity index (χ1) is 39.7. The van der Waals surface area contributed by atoms with Gasteiger partial charge in [0.25, 0.3) is 5.91 Å². The smallest absolute Gasteiger partial charge is 0.417 e. The number of fused-ring (bicyclic) bond motifs is 5. The van der Waals surface area contributed by atoms with Crippen LogP contribution >= 0.6 is 11.6 Å². The summed E-state index contributed by atoms with van der Waals surface area (Å²) in [4.78, 5) is 122. The maximum atomic E-state index is 15.1. The van der Waals surface area contributed by atoms with E-state index < -0.39 is 138 Å². The Bertz CT molecular complexity index is 2900. The van der Waals surface area contributed by atoms with Crippen molar-refractivity contribution in [2.75, 3.05) is 39.8 Å². The predicted molar refractivity (Wildman–Crippen MR) is 307 cm³/mol. The number of methoxy groups -OCH3 is 2. The van der Waals surface area contributed by atoms with Gasteiger partial charge in [-0.3, -0.25) is 28.8 Å². The number of epoxide rings is 1. The fourth-order valence-electron chi connectivity index (χ4n) is 10.9. The molecule has 0 radical (unpaired) electrons. The maximum Gasteiger partial charge on any atom is 0.417 e. The highest BCUT2D eigenvalue weighted by atomic mass is 35.5. The molecule has 4 bridgehead atoms. The molecule has 2 saturated heterocycles. The fraction of sp³-hybridized carbons (Fsp3) is 0.590. The van der Waals surface area contributed by atoms with E-state index >= 15 is 13.2 Å². The summed E-state index contributed by atoms with van der Waals surface area (Å²) in [5.41, 5.74) is 1.25. The van der Waals surface area contributed by atoms with Crippen molar-refractivity contribution in [1.29, 1.82) is 0 Å². The van der Waals surface area contributed by atoms with Gasteiger partial charge in [0.2, 0.25) is 11.8 Å². The lowest BCUT2D eigenvalue weighted by atomic mass is 9.78. The standard InChI is InChI=1S/C61H81ClF3N5O15/c1-33(2)42(29-40(72)18-13-12-17-35(4)71)55(76)68-44(19-15-23-67-58(66)79)46(73)27-38-21-22-41(43(25-38)61(63,64)65)56(77)69(8)37(6)57(78)84-50-30-51(74)70(9)45-26-39(28-47(81-10)53(45)62)24-34(3)16-14-20-49(82-11)60(80)31-48(83-52(75)32-60)36(5)54-59(50,7)85-54/h14,16,20-22,25-26,28,33,36-37,42,44,48-50,54,80H,12-13,15,17-19,23-24,27,29-32H2,1-11H3,(H,68,76)(H3,66,67,79)/b20-14+,34-16+/t36-,37+,42+,44+,48+,49-,50+,54+,59+,60-/m1/s1. The van der Waals surface area contributed by atoms with E-state index in [4.69, 9.17) is 41.0 Å². The summed E-state index contributed by atoms with van der Waals surface area (Å²) in [6.07, 6.45) is -4.38. The summed E-state index contributed by atoms with van der Waals surface area (Å²) >= 11 is 6.82. The number of ketones is 3. The molecule has 3 heterocycles. The number of aliphatic hydroxyl groups is 1. The van der Waals surface area contributed by atoms with Crippen LogP contribution in [-0.2, 0) is 71.5 Å². The Hall–Kier alpha value is -6.69. The van der Waals surface area contributed by atoms with E-state index in [0.717, 1.165) is 29.7 Å². The van der Waals surface area contributed by atoms with Gasteiger partial charge in [0.1, 0.15) is 57.9 Å². The number of likely N-dealkylation sites (N-methyl/N-ethyl adjacent to an activating group) is 1. The van der Waals surface area contributed by atoms with Crippen molar-refractivity contribution in [3.8, 4) is 5.75 Å². The highest BCUT2D eigenvalue weighted by Crippen LogP contribution is 2.50. The van der Waals surface area contributed by atoms with Crippen LogP contribution in [0.25, 0.3) is 0 Å². The molecular formula is C61H81ClF3N5O15. The third-order valence-electron chi connectivity index (χ3n) is 16.2. The third-order valence-corrected chi connectivity index (χ3v) is 16.6. The lowest BCUT2D eigenvalue weighted by Crippen LogP contribution is -2.53. The van der Waals surface area contributed by atoms with Crippen LogP contribution in [0.1, 0.15) is 140 Å². The minimum Gasteiger partial charge on any atom is -0.495 e. The van der Waals surface area contributed by atoms with Crippen LogP contribution in [0.3, 0.4) is 0 Å². The number of urea groups is 1. The van der Waals surface area contributed by atoms with Gasteiger partial charge in [-0.2, -0.15) is 13.2 Å². The first kappa shape index (κ1) is 69.1. The Labute approximate surface area is 499 Å². The van der Waals surface area contributed by atoms with Crippen LogP contribution in [0.15, 0.2) is 54.1 Å². The molecule has 0 aliphatic carbocycles. The second-order valence-electron chi connectivity index (χ2n) is 23.1. The first-order valence-electron chi connectivity index (χ1n) is 28.4. The number of hydrogen-bond donors (Lipinski definition) is 4. The van der Waals surface area contributed by atoms with E-state index in [-0.39, 0.29) is 78.2 Å². The second kappa shape index (κ2) is 29.6. The zero-order valence-corrected chi connectivity index (χ0v) is 50.9. The third kappa shape index (κ3) is 18.2. The highest BCUT2D eigenvalue weighted by molar-refractivity contribution is 6.35. The molecule has 468 valence electrons. The molecule has 20 nitrogen and oxygen atoms in total. The Morgan fingerprint density at radius 3 is 2.33 bits per heavy atom. The highest BCUT2D eigenvalue weighted by Gasteiger charge is 2.64. The number of nitrogens with one attached hydrogen (secondary N) is 2. The number of allylic oxidation sites excluding steroid dienone is 3. The number of amides is 5. The van der Waals surface area contributed by atoms with E-state index in [1.165, 1.54) is 40.0 Å². The van der Waals surface area contributed by atoms with E-state index in [1.54, 1.807) is 52.0 Å². The number of alkyl halides is 3. The van der Waals surface area contributed by atoms with E-state index in [1.807, 2.05) is 13.0 Å². The number of unbranched alkanes of at least 4 members (excludes halogenated alkanes) is 1. The number of carbonyl (C=O) groups is 9. The molecule has 5 N–H and O–H groups in total. The van der Waals surface area contributed by atoms with Crippen LogP contribution in [0.5, 0.6) is 5.75 Å². The minimum atomic E-state index is -5.19. The van der Waals surface area contributed by atoms with E-state index in [0.29, 0.717) is 37.3 Å². The number of carbonyl (C=O) groups excluding carboxylic acids is 9. The number of nitrogens with two attached hydrogens (primary N) is 1. The molecule has 0 aromatic heterocycles. The minimum absolute atomic E-state index is 0.00350. The monoisotopic (exact) mass is 1220 g/mol. The number of hydrogen-bond acceptors (Lipinski definition) is 15. The van der Waals surface area contributed by atoms with Crippen LogP contribution in [-0.4, -0.2) is 146 Å². The maximum absolute atomic E-state index is 15.1. The number of anilines is 1. The van der Waals surface area contributed by atoms with Gasteiger partial charge in [0.05, 0.1) is 48.9 Å². The van der Waals surface area contributed by atoms with Gasteiger partial charge in [-0.05, 0) is 101 Å². The normalized spacial score (nSPS) is 24.7. The predicted octanol–water partition coefficient (Wildman–Crippen LogP) is 7.52. The quantitative estimate of drug-likeness (QED) is 0.0476. The van der Waals surface area contributed by atoms with Gasteiger partial charge in [-0.25, -0.2) is 9.59 Å². The number of benzene rings is 2. The molecule has 2 aromatic rings. The Balaban J connectivity index is 1.42. The molecule has 10 atom stereocenters. The summed E-state index contributed by atoms with van der Waals surface area (Å²) < 4.78 is 74.7. The lowest BCUT2D eigenvalue weighted by Gasteiger charge is -2.41. The van der Waals surface area contributed by atoms with Crippen molar-refractivity contribution in [1.82, 2.24) is 15.5 Å². The number of primary amides is 1. The molecule has 85 heavy (non-hydrogen) atoms. The molecule has 0 spiro atoms. The van der Waals surface area contributed by atoms with E-state index in [2.05, 4.69) is 10.6 Å². The summed E-state index contributed by atoms with van der Waals surface area (Å²) in [6, 6.07) is 2.29. The molecular weight excluding hydrogens is 1140 g/mol. The van der Waals surface area contributed by atoms with Crippen LogP contribution in [0.4, 0.5) is 23.7 Å². The number of rotatable bonds is 23. The summed E-state index contributed by atoms with van der Waals surface area (Å²) in [6.45, 7) is 11.2. The van der Waals surface area contributed by atoms with Crippen molar-refractivity contribution in [2.45, 2.75) is 179 Å². The summed E-state index contributed by atoms with van der Waals surface area (Å²) in [7, 11) is 5.36.